The highest BCUT2D eigenvalue weighted by atomic mass is 16.1. The van der Waals surface area contributed by atoms with Crippen LogP contribution in [0.25, 0.3) is 0 Å². The second-order valence-electron chi connectivity index (χ2n) is 4.64. The number of hydrogen-bond acceptors (Lipinski definition) is 3. The molecule has 3 N–H and O–H groups in total. The SMILES string of the molecule is CCCNc1ccccc1C(=O)NC(C)c1ncc[nH]1. The molecule has 1 heterocycles. The largest absolute Gasteiger partial charge is 0.384 e. The smallest absolute Gasteiger partial charge is 0.253 e. The maximum atomic E-state index is 12.3. The Morgan fingerprint density at radius 1 is 1.40 bits per heavy atom. The predicted molar refractivity (Wildman–Crippen MR) is 79.7 cm³/mol. The molecule has 1 aromatic heterocycles. The summed E-state index contributed by atoms with van der Waals surface area (Å²) in [6.07, 6.45) is 4.43. The molecule has 0 aliphatic heterocycles. The first-order valence-electron chi connectivity index (χ1n) is 6.85. The number of hydrogen-bond donors (Lipinski definition) is 3. The molecule has 2 rings (SSSR count). The van der Waals surface area contributed by atoms with Gasteiger partial charge >= 0.3 is 0 Å². The second-order valence-corrected chi connectivity index (χ2v) is 4.64. The fourth-order valence-corrected chi connectivity index (χ4v) is 1.95. The molecule has 0 fully saturated rings. The third-order valence-electron chi connectivity index (χ3n) is 3.01. The van der Waals surface area contributed by atoms with Crippen molar-refractivity contribution < 1.29 is 4.79 Å². The summed E-state index contributed by atoms with van der Waals surface area (Å²) in [5.41, 5.74) is 1.51. The van der Waals surface area contributed by atoms with Crippen LogP contribution in [-0.2, 0) is 0 Å². The minimum atomic E-state index is -0.156. The monoisotopic (exact) mass is 272 g/mol. The summed E-state index contributed by atoms with van der Waals surface area (Å²) in [7, 11) is 0. The van der Waals surface area contributed by atoms with Crippen molar-refractivity contribution >= 4 is 11.6 Å². The van der Waals surface area contributed by atoms with Crippen molar-refractivity contribution in [3.05, 3.63) is 48.0 Å². The van der Waals surface area contributed by atoms with Crippen molar-refractivity contribution in [1.29, 1.82) is 0 Å². The minimum Gasteiger partial charge on any atom is -0.384 e. The lowest BCUT2D eigenvalue weighted by Gasteiger charge is -2.14. The van der Waals surface area contributed by atoms with Gasteiger partial charge in [0.1, 0.15) is 5.82 Å². The van der Waals surface area contributed by atoms with Crippen LogP contribution in [0.1, 0.15) is 42.5 Å². The summed E-state index contributed by atoms with van der Waals surface area (Å²) in [5, 5.41) is 6.21. The number of para-hydroxylation sites is 1. The molecule has 5 nitrogen and oxygen atoms in total. The molecule has 0 saturated carbocycles. The fourth-order valence-electron chi connectivity index (χ4n) is 1.95. The van der Waals surface area contributed by atoms with Crippen LogP contribution < -0.4 is 10.6 Å². The van der Waals surface area contributed by atoms with Gasteiger partial charge in [-0.3, -0.25) is 4.79 Å². The van der Waals surface area contributed by atoms with Crippen molar-refractivity contribution in [1.82, 2.24) is 15.3 Å². The van der Waals surface area contributed by atoms with Crippen molar-refractivity contribution in [2.45, 2.75) is 26.3 Å². The molecule has 20 heavy (non-hydrogen) atoms. The molecule has 1 amide bonds. The molecule has 2 aromatic rings. The minimum absolute atomic E-state index is 0.104. The van der Waals surface area contributed by atoms with E-state index >= 15 is 0 Å². The van der Waals surface area contributed by atoms with E-state index in [4.69, 9.17) is 0 Å². The van der Waals surface area contributed by atoms with Crippen molar-refractivity contribution in [3.8, 4) is 0 Å². The Labute approximate surface area is 118 Å². The third kappa shape index (κ3) is 3.38. The van der Waals surface area contributed by atoms with Crippen molar-refractivity contribution in [2.24, 2.45) is 0 Å². The predicted octanol–water partition coefficient (Wildman–Crippen LogP) is 2.72. The molecule has 1 atom stereocenters. The van der Waals surface area contributed by atoms with Crippen LogP contribution in [0.3, 0.4) is 0 Å². The van der Waals surface area contributed by atoms with Gasteiger partial charge in [0.15, 0.2) is 0 Å². The van der Waals surface area contributed by atoms with Gasteiger partial charge in [-0.25, -0.2) is 4.98 Å². The number of benzene rings is 1. The average molecular weight is 272 g/mol. The molecule has 1 unspecified atom stereocenters. The molecule has 0 aliphatic carbocycles. The number of aromatic nitrogens is 2. The van der Waals surface area contributed by atoms with Gasteiger partial charge in [-0.2, -0.15) is 0 Å². The van der Waals surface area contributed by atoms with Crippen LogP contribution >= 0.6 is 0 Å². The fraction of sp³-hybridized carbons (Fsp3) is 0.333. The lowest BCUT2D eigenvalue weighted by molar-refractivity contribution is 0.0939. The number of aromatic amines is 1. The highest BCUT2D eigenvalue weighted by Crippen LogP contribution is 2.16. The first-order chi connectivity index (χ1) is 9.72. The van der Waals surface area contributed by atoms with Gasteiger partial charge in [0.2, 0.25) is 0 Å². The van der Waals surface area contributed by atoms with Gasteiger partial charge in [0.25, 0.3) is 5.91 Å². The Balaban J connectivity index is 2.09. The van der Waals surface area contributed by atoms with Gasteiger partial charge in [0, 0.05) is 24.6 Å². The second kappa shape index (κ2) is 6.75. The number of nitrogens with one attached hydrogen (secondary N) is 3. The number of amides is 1. The van der Waals surface area contributed by atoms with Crippen LogP contribution in [-0.4, -0.2) is 22.4 Å². The van der Waals surface area contributed by atoms with Crippen LogP contribution in [0, 0.1) is 0 Å². The van der Waals surface area contributed by atoms with Gasteiger partial charge < -0.3 is 15.6 Å². The molecule has 0 radical (unpaired) electrons. The lowest BCUT2D eigenvalue weighted by Crippen LogP contribution is -2.28. The van der Waals surface area contributed by atoms with Crippen molar-refractivity contribution in [3.63, 3.8) is 0 Å². The number of imidazole rings is 1. The third-order valence-corrected chi connectivity index (χ3v) is 3.01. The summed E-state index contributed by atoms with van der Waals surface area (Å²) < 4.78 is 0. The normalized spacial score (nSPS) is 11.9. The molecule has 106 valence electrons. The maximum absolute atomic E-state index is 12.3. The molecule has 1 aromatic carbocycles. The van der Waals surface area contributed by atoms with E-state index in [1.807, 2.05) is 31.2 Å². The molecular weight excluding hydrogens is 252 g/mol. The zero-order valence-corrected chi connectivity index (χ0v) is 11.8. The van der Waals surface area contributed by atoms with Crippen molar-refractivity contribution in [2.75, 3.05) is 11.9 Å². The molecule has 0 aliphatic rings. The topological polar surface area (TPSA) is 69.8 Å². The van der Waals surface area contributed by atoms with Crippen LogP contribution in [0.2, 0.25) is 0 Å². The van der Waals surface area contributed by atoms with E-state index in [1.165, 1.54) is 0 Å². The Hall–Kier alpha value is -2.30. The number of carbonyl (C=O) groups is 1. The molecule has 0 saturated heterocycles. The molecular formula is C15H20N4O. The van der Waals surface area contributed by atoms with Crippen LogP contribution in [0.15, 0.2) is 36.7 Å². The Morgan fingerprint density at radius 2 is 2.20 bits per heavy atom. The summed E-state index contributed by atoms with van der Waals surface area (Å²) >= 11 is 0. The highest BCUT2D eigenvalue weighted by molar-refractivity contribution is 5.99. The Bertz CT molecular complexity index is 551. The molecule has 0 spiro atoms. The van der Waals surface area contributed by atoms with E-state index in [2.05, 4.69) is 27.5 Å². The number of carbonyl (C=O) groups excluding carboxylic acids is 1. The molecule has 0 bridgehead atoms. The quantitative estimate of drug-likeness (QED) is 0.757. The van der Waals surface area contributed by atoms with E-state index < -0.39 is 0 Å². The number of rotatable bonds is 6. The number of anilines is 1. The first-order valence-corrected chi connectivity index (χ1v) is 6.85. The standard InChI is InChI=1S/C15H20N4O/c1-3-8-16-13-7-5-4-6-12(13)15(20)19-11(2)14-17-9-10-18-14/h4-7,9-11,16H,3,8H2,1-2H3,(H,17,18)(H,19,20). The van der Waals surface area contributed by atoms with E-state index in [1.54, 1.807) is 12.4 Å². The Morgan fingerprint density at radius 3 is 2.90 bits per heavy atom. The first kappa shape index (κ1) is 14.1. The van der Waals surface area contributed by atoms with Gasteiger partial charge in [-0.1, -0.05) is 19.1 Å². The van der Waals surface area contributed by atoms with E-state index in [-0.39, 0.29) is 11.9 Å². The summed E-state index contributed by atoms with van der Waals surface area (Å²) in [6, 6.07) is 7.37. The Kier molecular flexibility index (Phi) is 4.76. The number of nitrogens with zero attached hydrogens (tertiary/aromatic N) is 1. The van der Waals surface area contributed by atoms with Gasteiger partial charge in [-0.15, -0.1) is 0 Å². The average Bonchev–Trinajstić information content (AvgIpc) is 2.99. The lowest BCUT2D eigenvalue weighted by atomic mass is 10.1. The summed E-state index contributed by atoms with van der Waals surface area (Å²) in [5.74, 6) is 0.644. The van der Waals surface area contributed by atoms with Crippen LogP contribution in [0.4, 0.5) is 5.69 Å². The zero-order chi connectivity index (χ0) is 14.4. The van der Waals surface area contributed by atoms with Crippen LogP contribution in [0.5, 0.6) is 0 Å². The highest BCUT2D eigenvalue weighted by Gasteiger charge is 2.15. The van der Waals surface area contributed by atoms with Gasteiger partial charge in [-0.05, 0) is 25.5 Å². The van der Waals surface area contributed by atoms with E-state index in [0.29, 0.717) is 5.56 Å². The van der Waals surface area contributed by atoms with E-state index in [9.17, 15) is 4.79 Å². The van der Waals surface area contributed by atoms with Gasteiger partial charge in [0.05, 0.1) is 11.6 Å². The zero-order valence-electron chi connectivity index (χ0n) is 11.8. The maximum Gasteiger partial charge on any atom is 0.253 e. The summed E-state index contributed by atoms with van der Waals surface area (Å²) in [6.45, 7) is 4.84. The number of H-pyrrole nitrogens is 1. The molecule has 5 heteroatoms. The summed E-state index contributed by atoms with van der Waals surface area (Å²) in [4.78, 5) is 19.5. The van der Waals surface area contributed by atoms with E-state index in [0.717, 1.165) is 24.5 Å².